The van der Waals surface area contributed by atoms with E-state index in [1.165, 1.54) is 6.07 Å². The van der Waals surface area contributed by atoms with Crippen LogP contribution in [0.5, 0.6) is 0 Å². The minimum absolute atomic E-state index is 0.153. The van der Waals surface area contributed by atoms with Crippen molar-refractivity contribution in [3.05, 3.63) is 35.6 Å². The standard InChI is InChI=1S/C15H19FN2O/c1-2-7-18(14-11-8-17-9-12(11)14)15(19)10-5-3-4-6-13(10)16/h3-6,11-12,14,17H,2,7-9H2,1H3. The van der Waals surface area contributed by atoms with Gasteiger partial charge in [0, 0.05) is 25.7 Å². The summed E-state index contributed by atoms with van der Waals surface area (Å²) in [6, 6.07) is 6.58. The summed E-state index contributed by atoms with van der Waals surface area (Å²) < 4.78 is 13.8. The maximum Gasteiger partial charge on any atom is 0.257 e. The second-order valence-corrected chi connectivity index (χ2v) is 5.45. The fraction of sp³-hybridized carbons (Fsp3) is 0.533. The zero-order valence-electron chi connectivity index (χ0n) is 11.1. The van der Waals surface area contributed by atoms with E-state index in [0.29, 0.717) is 24.4 Å². The number of hydrogen-bond acceptors (Lipinski definition) is 2. The van der Waals surface area contributed by atoms with Crippen molar-refractivity contribution in [1.29, 1.82) is 0 Å². The van der Waals surface area contributed by atoms with Gasteiger partial charge in [-0.25, -0.2) is 4.39 Å². The highest BCUT2D eigenvalue weighted by Crippen LogP contribution is 2.46. The van der Waals surface area contributed by atoms with E-state index in [9.17, 15) is 9.18 Å². The normalized spacial score (nSPS) is 28.0. The van der Waals surface area contributed by atoms with Gasteiger partial charge in [-0.2, -0.15) is 0 Å². The molecule has 0 bridgehead atoms. The van der Waals surface area contributed by atoms with E-state index >= 15 is 0 Å². The van der Waals surface area contributed by atoms with Crippen LogP contribution in [0.1, 0.15) is 23.7 Å². The zero-order valence-corrected chi connectivity index (χ0v) is 11.1. The number of carbonyl (C=O) groups excluding carboxylic acids is 1. The van der Waals surface area contributed by atoms with Crippen LogP contribution in [-0.2, 0) is 0 Å². The lowest BCUT2D eigenvalue weighted by Gasteiger charge is -2.24. The number of amides is 1. The minimum Gasteiger partial charge on any atom is -0.335 e. The Balaban J connectivity index is 1.81. The smallest absolute Gasteiger partial charge is 0.257 e. The highest BCUT2D eigenvalue weighted by molar-refractivity contribution is 5.95. The molecule has 1 amide bonds. The van der Waals surface area contributed by atoms with Gasteiger partial charge in [0.15, 0.2) is 0 Å². The second kappa shape index (κ2) is 4.93. The Labute approximate surface area is 112 Å². The van der Waals surface area contributed by atoms with Crippen LogP contribution in [0.15, 0.2) is 24.3 Å². The molecule has 1 heterocycles. The number of nitrogens with one attached hydrogen (secondary N) is 1. The molecule has 19 heavy (non-hydrogen) atoms. The summed E-state index contributed by atoms with van der Waals surface area (Å²) in [7, 11) is 0. The number of fused-ring (bicyclic) bond motifs is 1. The summed E-state index contributed by atoms with van der Waals surface area (Å²) in [5, 5.41) is 3.33. The SMILES string of the molecule is CCCN(C(=O)c1ccccc1F)C1C2CNCC21. The van der Waals surface area contributed by atoms with Crippen molar-refractivity contribution in [1.82, 2.24) is 10.2 Å². The summed E-state index contributed by atoms with van der Waals surface area (Å²) >= 11 is 0. The molecule has 1 aromatic carbocycles. The number of carbonyl (C=O) groups is 1. The van der Waals surface area contributed by atoms with Gasteiger partial charge in [0.2, 0.25) is 0 Å². The molecule has 2 atom stereocenters. The number of nitrogens with zero attached hydrogens (tertiary/aromatic N) is 1. The van der Waals surface area contributed by atoms with Crippen LogP contribution < -0.4 is 5.32 Å². The van der Waals surface area contributed by atoms with Crippen molar-refractivity contribution in [2.75, 3.05) is 19.6 Å². The van der Waals surface area contributed by atoms with Crippen LogP contribution in [-0.4, -0.2) is 36.5 Å². The molecule has 2 aliphatic rings. The van der Waals surface area contributed by atoms with Gasteiger partial charge in [-0.05, 0) is 30.4 Å². The largest absolute Gasteiger partial charge is 0.335 e. The number of hydrogen-bond donors (Lipinski definition) is 1. The van der Waals surface area contributed by atoms with E-state index in [1.54, 1.807) is 18.2 Å². The first-order chi connectivity index (χ1) is 9.24. The Hall–Kier alpha value is -1.42. The van der Waals surface area contributed by atoms with E-state index in [0.717, 1.165) is 19.5 Å². The molecule has 2 unspecified atom stereocenters. The third kappa shape index (κ3) is 2.14. The van der Waals surface area contributed by atoms with Gasteiger partial charge in [-0.1, -0.05) is 19.1 Å². The van der Waals surface area contributed by atoms with Gasteiger partial charge in [0.05, 0.1) is 5.56 Å². The molecule has 102 valence electrons. The third-order valence-corrected chi connectivity index (χ3v) is 4.24. The Morgan fingerprint density at radius 2 is 2.05 bits per heavy atom. The number of rotatable bonds is 4. The summed E-state index contributed by atoms with van der Waals surface area (Å²) in [4.78, 5) is 14.4. The van der Waals surface area contributed by atoms with Gasteiger partial charge >= 0.3 is 0 Å². The van der Waals surface area contributed by atoms with Crippen molar-refractivity contribution >= 4 is 5.91 Å². The maximum absolute atomic E-state index is 13.8. The van der Waals surface area contributed by atoms with Gasteiger partial charge < -0.3 is 10.2 Å². The fourth-order valence-corrected chi connectivity index (χ4v) is 3.26. The summed E-state index contributed by atoms with van der Waals surface area (Å²) in [6.07, 6.45) is 0.906. The zero-order chi connectivity index (χ0) is 13.4. The average molecular weight is 262 g/mol. The molecule has 1 saturated heterocycles. The quantitative estimate of drug-likeness (QED) is 0.898. The lowest BCUT2D eigenvalue weighted by atomic mass is 10.1. The van der Waals surface area contributed by atoms with E-state index in [1.807, 2.05) is 4.90 Å². The molecular formula is C15H19FN2O. The molecule has 0 radical (unpaired) electrons. The second-order valence-electron chi connectivity index (χ2n) is 5.45. The van der Waals surface area contributed by atoms with Gasteiger partial charge in [0.1, 0.15) is 5.82 Å². The van der Waals surface area contributed by atoms with Crippen molar-refractivity contribution in [3.63, 3.8) is 0 Å². The molecule has 2 fully saturated rings. The Bertz CT molecular complexity index is 481. The Kier molecular flexibility index (Phi) is 3.27. The highest BCUT2D eigenvalue weighted by Gasteiger charge is 2.56. The predicted octanol–water partition coefficient (Wildman–Crippen LogP) is 1.90. The monoisotopic (exact) mass is 262 g/mol. The number of benzene rings is 1. The first kappa shape index (κ1) is 12.6. The van der Waals surface area contributed by atoms with Crippen LogP contribution >= 0.6 is 0 Å². The summed E-state index contributed by atoms with van der Waals surface area (Å²) in [5.74, 6) is 0.571. The molecule has 1 aromatic rings. The molecule has 1 aliphatic heterocycles. The molecule has 0 spiro atoms. The van der Waals surface area contributed by atoms with E-state index < -0.39 is 5.82 Å². The Morgan fingerprint density at radius 3 is 2.68 bits per heavy atom. The van der Waals surface area contributed by atoms with E-state index in [2.05, 4.69) is 12.2 Å². The van der Waals surface area contributed by atoms with Crippen LogP contribution in [0.3, 0.4) is 0 Å². The topological polar surface area (TPSA) is 32.3 Å². The van der Waals surface area contributed by atoms with Gasteiger partial charge in [-0.15, -0.1) is 0 Å². The lowest BCUT2D eigenvalue weighted by Crippen LogP contribution is -2.38. The average Bonchev–Trinajstić information content (AvgIpc) is 2.87. The van der Waals surface area contributed by atoms with Gasteiger partial charge in [-0.3, -0.25) is 4.79 Å². The van der Waals surface area contributed by atoms with Gasteiger partial charge in [0.25, 0.3) is 5.91 Å². The number of halogens is 1. The first-order valence-electron chi connectivity index (χ1n) is 7.00. The molecule has 1 aliphatic carbocycles. The van der Waals surface area contributed by atoms with Crippen molar-refractivity contribution < 1.29 is 9.18 Å². The molecular weight excluding hydrogens is 243 g/mol. The first-order valence-corrected chi connectivity index (χ1v) is 7.00. The third-order valence-electron chi connectivity index (χ3n) is 4.24. The van der Waals surface area contributed by atoms with Crippen LogP contribution in [0.25, 0.3) is 0 Å². The summed E-state index contributed by atoms with van der Waals surface area (Å²) in [6.45, 7) is 4.74. The molecule has 1 N–H and O–H groups in total. The Morgan fingerprint density at radius 1 is 1.37 bits per heavy atom. The molecule has 3 rings (SSSR count). The molecule has 0 aromatic heterocycles. The van der Waals surface area contributed by atoms with Crippen molar-refractivity contribution in [2.45, 2.75) is 19.4 Å². The van der Waals surface area contributed by atoms with Crippen LogP contribution in [0, 0.1) is 17.7 Å². The van der Waals surface area contributed by atoms with Crippen molar-refractivity contribution in [3.8, 4) is 0 Å². The molecule has 3 nitrogen and oxygen atoms in total. The van der Waals surface area contributed by atoms with E-state index in [4.69, 9.17) is 0 Å². The number of piperidine rings is 1. The summed E-state index contributed by atoms with van der Waals surface area (Å²) in [5.41, 5.74) is 0.203. The minimum atomic E-state index is -0.419. The van der Waals surface area contributed by atoms with E-state index in [-0.39, 0.29) is 11.5 Å². The highest BCUT2D eigenvalue weighted by atomic mass is 19.1. The van der Waals surface area contributed by atoms with Crippen LogP contribution in [0.4, 0.5) is 4.39 Å². The fourth-order valence-electron chi connectivity index (χ4n) is 3.26. The van der Waals surface area contributed by atoms with Crippen molar-refractivity contribution in [2.24, 2.45) is 11.8 Å². The van der Waals surface area contributed by atoms with Crippen LogP contribution in [0.2, 0.25) is 0 Å². The predicted molar refractivity (Wildman–Crippen MR) is 71.4 cm³/mol. The molecule has 4 heteroatoms. The molecule has 1 saturated carbocycles. The maximum atomic E-state index is 13.8. The lowest BCUT2D eigenvalue weighted by molar-refractivity contribution is 0.0718.